The zero-order valence-corrected chi connectivity index (χ0v) is 13.3. The molecule has 0 saturated carbocycles. The van der Waals surface area contributed by atoms with E-state index in [0.717, 1.165) is 12.2 Å². The van der Waals surface area contributed by atoms with Crippen molar-refractivity contribution in [2.75, 3.05) is 7.11 Å². The van der Waals surface area contributed by atoms with Gasteiger partial charge in [0.15, 0.2) is 0 Å². The molecule has 1 aliphatic heterocycles. The van der Waals surface area contributed by atoms with Crippen molar-refractivity contribution in [2.45, 2.75) is 60.2 Å². The van der Waals surface area contributed by atoms with Crippen molar-refractivity contribution in [1.82, 2.24) is 0 Å². The van der Waals surface area contributed by atoms with Gasteiger partial charge in [0.25, 0.3) is 0 Å². The first-order chi connectivity index (χ1) is 8.75. The van der Waals surface area contributed by atoms with Crippen LogP contribution in [0.15, 0.2) is 6.07 Å². The van der Waals surface area contributed by atoms with Gasteiger partial charge in [0.2, 0.25) is 0 Å². The Morgan fingerprint density at radius 3 is 2.42 bits per heavy atom. The van der Waals surface area contributed by atoms with E-state index in [1.807, 2.05) is 0 Å². The molecule has 0 aliphatic carbocycles. The Labute approximate surface area is 117 Å². The fraction of sp³-hybridized carbons (Fsp3) is 0.647. The molecule has 2 atom stereocenters. The molecule has 19 heavy (non-hydrogen) atoms. The molecule has 0 N–H and O–H groups in total. The van der Waals surface area contributed by atoms with Crippen molar-refractivity contribution in [3.8, 4) is 5.75 Å². The molecule has 2 heteroatoms. The number of hydrogen-bond acceptors (Lipinski definition) is 2. The van der Waals surface area contributed by atoms with Gasteiger partial charge in [-0.1, -0.05) is 20.8 Å². The minimum atomic E-state index is 0.0679. The van der Waals surface area contributed by atoms with E-state index in [9.17, 15) is 0 Å². The lowest BCUT2D eigenvalue weighted by Gasteiger charge is -2.40. The molecule has 2 rings (SSSR count). The third kappa shape index (κ3) is 2.51. The molecule has 2 nitrogen and oxygen atoms in total. The standard InChI is InChI=1S/C17H26O2/c1-10-8-14(18-7)15-13(12(10)3)9-11(2)19-16(15)17(4,5)6/h8,11,16H,9H2,1-7H3/t11-,16?/m0/s1. The zero-order chi connectivity index (χ0) is 14.4. The third-order valence-electron chi connectivity index (χ3n) is 4.11. The summed E-state index contributed by atoms with van der Waals surface area (Å²) in [6, 6.07) is 2.15. The quantitative estimate of drug-likeness (QED) is 0.748. The summed E-state index contributed by atoms with van der Waals surface area (Å²) in [5.74, 6) is 0.977. The van der Waals surface area contributed by atoms with Crippen LogP contribution in [-0.4, -0.2) is 13.2 Å². The Bertz CT molecular complexity index is 483. The van der Waals surface area contributed by atoms with Crippen LogP contribution in [0.4, 0.5) is 0 Å². The SMILES string of the molecule is COc1cc(C)c(C)c2c1C(C(C)(C)C)O[C@@H](C)C2. The van der Waals surface area contributed by atoms with Gasteiger partial charge in [-0.15, -0.1) is 0 Å². The van der Waals surface area contributed by atoms with E-state index < -0.39 is 0 Å². The van der Waals surface area contributed by atoms with Crippen LogP contribution < -0.4 is 4.74 Å². The summed E-state index contributed by atoms with van der Waals surface area (Å²) < 4.78 is 11.9. The van der Waals surface area contributed by atoms with Gasteiger partial charge < -0.3 is 9.47 Å². The normalized spacial score (nSPS) is 23.1. The highest BCUT2D eigenvalue weighted by atomic mass is 16.5. The lowest BCUT2D eigenvalue weighted by atomic mass is 9.78. The van der Waals surface area contributed by atoms with Crippen molar-refractivity contribution in [3.63, 3.8) is 0 Å². The summed E-state index contributed by atoms with van der Waals surface area (Å²) in [6.07, 6.45) is 1.34. The van der Waals surface area contributed by atoms with Gasteiger partial charge >= 0.3 is 0 Å². The number of benzene rings is 1. The van der Waals surface area contributed by atoms with E-state index in [-0.39, 0.29) is 17.6 Å². The Morgan fingerprint density at radius 1 is 1.26 bits per heavy atom. The summed E-state index contributed by atoms with van der Waals surface area (Å²) in [5.41, 5.74) is 5.45. The summed E-state index contributed by atoms with van der Waals surface area (Å²) in [5, 5.41) is 0. The first kappa shape index (κ1) is 14.4. The highest BCUT2D eigenvalue weighted by Gasteiger charge is 2.37. The van der Waals surface area contributed by atoms with Crippen LogP contribution in [0.25, 0.3) is 0 Å². The lowest BCUT2D eigenvalue weighted by Crippen LogP contribution is -2.32. The average molecular weight is 262 g/mol. The molecule has 1 heterocycles. The van der Waals surface area contributed by atoms with E-state index in [2.05, 4.69) is 47.6 Å². The number of hydrogen-bond donors (Lipinski definition) is 0. The molecule has 0 amide bonds. The van der Waals surface area contributed by atoms with Crippen LogP contribution in [0, 0.1) is 19.3 Å². The predicted octanol–water partition coefficient (Wildman–Crippen LogP) is 4.36. The van der Waals surface area contributed by atoms with E-state index >= 15 is 0 Å². The van der Waals surface area contributed by atoms with Gasteiger partial charge in [-0.2, -0.15) is 0 Å². The molecule has 0 fully saturated rings. The fourth-order valence-corrected chi connectivity index (χ4v) is 2.96. The van der Waals surface area contributed by atoms with Crippen molar-refractivity contribution in [3.05, 3.63) is 28.3 Å². The summed E-state index contributed by atoms with van der Waals surface area (Å²) >= 11 is 0. The van der Waals surface area contributed by atoms with E-state index in [1.54, 1.807) is 7.11 Å². The van der Waals surface area contributed by atoms with Crippen LogP contribution in [-0.2, 0) is 11.2 Å². The van der Waals surface area contributed by atoms with Crippen LogP contribution in [0.3, 0.4) is 0 Å². The summed E-state index contributed by atoms with van der Waals surface area (Å²) in [4.78, 5) is 0. The zero-order valence-electron chi connectivity index (χ0n) is 13.3. The maximum Gasteiger partial charge on any atom is 0.125 e. The van der Waals surface area contributed by atoms with Gasteiger partial charge in [0.1, 0.15) is 5.75 Å². The van der Waals surface area contributed by atoms with Gasteiger partial charge in [-0.3, -0.25) is 0 Å². The molecular weight excluding hydrogens is 236 g/mol. The lowest BCUT2D eigenvalue weighted by molar-refractivity contribution is -0.0731. The van der Waals surface area contributed by atoms with Gasteiger partial charge in [-0.25, -0.2) is 0 Å². The Morgan fingerprint density at radius 2 is 1.89 bits per heavy atom. The second kappa shape index (κ2) is 4.82. The summed E-state index contributed by atoms with van der Waals surface area (Å²) in [7, 11) is 1.75. The molecule has 0 spiro atoms. The van der Waals surface area contributed by atoms with Crippen molar-refractivity contribution in [2.24, 2.45) is 5.41 Å². The largest absolute Gasteiger partial charge is 0.496 e. The smallest absolute Gasteiger partial charge is 0.125 e. The highest BCUT2D eigenvalue weighted by molar-refractivity contribution is 5.51. The van der Waals surface area contributed by atoms with Crippen molar-refractivity contribution in [1.29, 1.82) is 0 Å². The molecule has 0 saturated heterocycles. The Kier molecular flexibility index (Phi) is 3.65. The molecule has 0 radical (unpaired) electrons. The monoisotopic (exact) mass is 262 g/mol. The van der Waals surface area contributed by atoms with Crippen LogP contribution in [0.1, 0.15) is 56.1 Å². The van der Waals surface area contributed by atoms with Crippen molar-refractivity contribution < 1.29 is 9.47 Å². The van der Waals surface area contributed by atoms with E-state index in [1.165, 1.54) is 22.3 Å². The number of methoxy groups -OCH3 is 1. The predicted molar refractivity (Wildman–Crippen MR) is 78.9 cm³/mol. The maximum atomic E-state index is 6.23. The highest BCUT2D eigenvalue weighted by Crippen LogP contribution is 2.47. The molecule has 1 aliphatic rings. The van der Waals surface area contributed by atoms with Gasteiger partial charge in [0.05, 0.1) is 19.3 Å². The molecule has 0 bridgehead atoms. The van der Waals surface area contributed by atoms with Crippen LogP contribution >= 0.6 is 0 Å². The number of ether oxygens (including phenoxy) is 2. The Balaban J connectivity index is 2.68. The van der Waals surface area contributed by atoms with Crippen molar-refractivity contribution >= 4 is 0 Å². The Hall–Kier alpha value is -1.02. The van der Waals surface area contributed by atoms with E-state index in [4.69, 9.17) is 9.47 Å². The topological polar surface area (TPSA) is 18.5 Å². The first-order valence-electron chi connectivity index (χ1n) is 7.08. The number of aryl methyl sites for hydroxylation is 1. The fourth-order valence-electron chi connectivity index (χ4n) is 2.96. The van der Waals surface area contributed by atoms with Crippen LogP contribution in [0.2, 0.25) is 0 Å². The minimum Gasteiger partial charge on any atom is -0.496 e. The van der Waals surface area contributed by atoms with Gasteiger partial charge in [0, 0.05) is 5.56 Å². The minimum absolute atomic E-state index is 0.0679. The maximum absolute atomic E-state index is 6.23. The molecule has 1 aromatic carbocycles. The number of fused-ring (bicyclic) bond motifs is 1. The number of rotatable bonds is 1. The molecule has 0 aromatic heterocycles. The molecular formula is C17H26O2. The van der Waals surface area contributed by atoms with E-state index in [0.29, 0.717) is 0 Å². The third-order valence-corrected chi connectivity index (χ3v) is 4.11. The molecule has 1 unspecified atom stereocenters. The van der Waals surface area contributed by atoms with Crippen LogP contribution in [0.5, 0.6) is 5.75 Å². The first-order valence-corrected chi connectivity index (χ1v) is 7.08. The second-order valence-corrected chi connectivity index (χ2v) is 6.81. The average Bonchev–Trinajstić information content (AvgIpc) is 2.32. The van der Waals surface area contributed by atoms with Gasteiger partial charge in [-0.05, 0) is 55.4 Å². The second-order valence-electron chi connectivity index (χ2n) is 6.81. The summed E-state index contributed by atoms with van der Waals surface area (Å²) in [6.45, 7) is 13.2. The molecule has 1 aromatic rings. The molecule has 106 valence electrons.